The predicted molar refractivity (Wildman–Crippen MR) is 119 cm³/mol. The molecule has 0 bridgehead atoms. The molecule has 0 saturated heterocycles. The Labute approximate surface area is 190 Å². The Hall–Kier alpha value is -3.92. The number of aromatic nitrogens is 6. The molecule has 1 amide bonds. The maximum absolute atomic E-state index is 13.6. The number of halogens is 1. The highest BCUT2D eigenvalue weighted by Crippen LogP contribution is 2.20. The molecule has 0 aliphatic rings. The molecule has 3 heterocycles. The van der Waals surface area contributed by atoms with Crippen LogP contribution < -0.4 is 0 Å². The Kier molecular flexibility index (Phi) is 6.55. The Morgan fingerprint density at radius 1 is 1.15 bits per heavy atom. The summed E-state index contributed by atoms with van der Waals surface area (Å²) in [5.74, 6) is -0.647. The van der Waals surface area contributed by atoms with E-state index in [0.29, 0.717) is 29.2 Å². The molecule has 0 radical (unpaired) electrons. The van der Waals surface area contributed by atoms with Gasteiger partial charge in [0.25, 0.3) is 5.91 Å². The molecule has 1 aromatic carbocycles. The molecule has 3 aromatic heterocycles. The number of aryl methyl sites for hydroxylation is 1. The average molecular weight is 449 g/mol. The zero-order chi connectivity index (χ0) is 23.4. The normalized spacial score (nSPS) is 12.0. The van der Waals surface area contributed by atoms with Gasteiger partial charge >= 0.3 is 0 Å². The van der Waals surface area contributed by atoms with E-state index < -0.39 is 5.82 Å². The van der Waals surface area contributed by atoms with E-state index in [-0.39, 0.29) is 25.1 Å². The monoisotopic (exact) mass is 449 g/mol. The fraction of sp³-hybridized carbons (Fsp3) is 0.261. The van der Waals surface area contributed by atoms with Crippen LogP contribution in [0.2, 0.25) is 0 Å². The highest BCUT2D eigenvalue weighted by molar-refractivity contribution is 5.98. The maximum Gasteiger partial charge on any atom is 0.256 e. The summed E-state index contributed by atoms with van der Waals surface area (Å²) < 4.78 is 14.8. The zero-order valence-corrected chi connectivity index (χ0v) is 18.3. The molecule has 0 saturated carbocycles. The van der Waals surface area contributed by atoms with Crippen LogP contribution >= 0.6 is 0 Å². The number of rotatable bonds is 8. The van der Waals surface area contributed by atoms with Gasteiger partial charge in [-0.25, -0.2) is 4.39 Å². The van der Waals surface area contributed by atoms with Crippen LogP contribution in [-0.4, -0.2) is 64.9 Å². The summed E-state index contributed by atoms with van der Waals surface area (Å²) in [7, 11) is 0. The van der Waals surface area contributed by atoms with Crippen LogP contribution in [0, 0.1) is 12.7 Å². The third-order valence-corrected chi connectivity index (χ3v) is 5.23. The van der Waals surface area contributed by atoms with Crippen molar-refractivity contribution in [1.82, 2.24) is 34.7 Å². The van der Waals surface area contributed by atoms with E-state index in [9.17, 15) is 14.3 Å². The van der Waals surface area contributed by atoms with E-state index >= 15 is 0 Å². The molecule has 9 nitrogen and oxygen atoms in total. The fourth-order valence-electron chi connectivity index (χ4n) is 3.62. The van der Waals surface area contributed by atoms with Crippen molar-refractivity contribution in [3.8, 4) is 17.1 Å². The number of pyridine rings is 1. The molecule has 0 fully saturated rings. The van der Waals surface area contributed by atoms with E-state index in [1.165, 1.54) is 10.9 Å². The first kappa shape index (κ1) is 22.3. The van der Waals surface area contributed by atoms with Crippen LogP contribution in [0.4, 0.5) is 4.39 Å². The van der Waals surface area contributed by atoms with Gasteiger partial charge in [-0.3, -0.25) is 14.5 Å². The number of carbonyl (C=O) groups is 1. The summed E-state index contributed by atoms with van der Waals surface area (Å²) >= 11 is 0. The highest BCUT2D eigenvalue weighted by Gasteiger charge is 2.25. The first-order valence-electron chi connectivity index (χ1n) is 10.5. The fourth-order valence-corrected chi connectivity index (χ4v) is 3.62. The van der Waals surface area contributed by atoms with E-state index in [1.54, 1.807) is 52.4 Å². The molecule has 1 atom stereocenters. The molecule has 33 heavy (non-hydrogen) atoms. The van der Waals surface area contributed by atoms with Crippen molar-refractivity contribution in [3.63, 3.8) is 0 Å². The van der Waals surface area contributed by atoms with Crippen molar-refractivity contribution in [1.29, 1.82) is 0 Å². The molecule has 4 aromatic rings. The van der Waals surface area contributed by atoms with Crippen molar-refractivity contribution in [2.45, 2.75) is 26.4 Å². The van der Waals surface area contributed by atoms with Gasteiger partial charge in [0, 0.05) is 18.8 Å². The maximum atomic E-state index is 13.6. The Balaban J connectivity index is 1.57. The van der Waals surface area contributed by atoms with E-state index in [4.69, 9.17) is 0 Å². The molecule has 4 rings (SSSR count). The molecular weight excluding hydrogens is 425 g/mol. The van der Waals surface area contributed by atoms with Gasteiger partial charge in [-0.05, 0) is 44.2 Å². The average Bonchev–Trinajstić information content (AvgIpc) is 3.50. The van der Waals surface area contributed by atoms with E-state index in [1.807, 2.05) is 19.9 Å². The number of aliphatic hydroxyl groups excluding tert-OH is 1. The quantitative estimate of drug-likeness (QED) is 0.444. The first-order valence-corrected chi connectivity index (χ1v) is 10.5. The van der Waals surface area contributed by atoms with Gasteiger partial charge in [0.15, 0.2) is 0 Å². The smallest absolute Gasteiger partial charge is 0.256 e. The third-order valence-electron chi connectivity index (χ3n) is 5.23. The van der Waals surface area contributed by atoms with Crippen LogP contribution in [0.15, 0.2) is 61.2 Å². The molecule has 0 aliphatic heterocycles. The third kappa shape index (κ3) is 4.96. The number of hydrogen-bond acceptors (Lipinski definition) is 6. The van der Waals surface area contributed by atoms with Crippen molar-refractivity contribution >= 4 is 5.91 Å². The second-order valence-electron chi connectivity index (χ2n) is 7.69. The molecule has 10 heteroatoms. The van der Waals surface area contributed by atoms with Crippen LogP contribution in [0.25, 0.3) is 17.1 Å². The standard InChI is InChI=1S/C23H24FN7O2/c1-16-3-6-22(31-26-8-9-27-31)19(13-16)23(33)30(11-12-32)17(2)15-29-10-7-21(28-29)20-5-4-18(24)14-25-20/h3-10,13-14,17,32H,11-12,15H2,1-2H3/t17-/m0/s1. The second kappa shape index (κ2) is 9.70. The lowest BCUT2D eigenvalue weighted by Gasteiger charge is -2.29. The van der Waals surface area contributed by atoms with Gasteiger partial charge < -0.3 is 10.0 Å². The summed E-state index contributed by atoms with van der Waals surface area (Å²) in [6.07, 6.45) is 6.03. The largest absolute Gasteiger partial charge is 0.395 e. The number of amides is 1. The topological polar surface area (TPSA) is 102 Å². The summed E-state index contributed by atoms with van der Waals surface area (Å²) in [5.41, 5.74) is 3.10. The Bertz CT molecular complexity index is 1220. The van der Waals surface area contributed by atoms with E-state index in [0.717, 1.165) is 11.8 Å². The Morgan fingerprint density at radius 2 is 1.94 bits per heavy atom. The summed E-state index contributed by atoms with van der Waals surface area (Å²) in [5, 5.41) is 22.5. The SMILES string of the molecule is Cc1ccc(-n2nccn2)c(C(=O)N(CCO)[C@@H](C)Cn2ccc(-c3ccc(F)cn3)n2)c1. The van der Waals surface area contributed by atoms with Gasteiger partial charge in [-0.15, -0.1) is 0 Å². The molecule has 0 aliphatic carbocycles. The number of hydrogen-bond donors (Lipinski definition) is 1. The van der Waals surface area contributed by atoms with Crippen LogP contribution in [0.3, 0.4) is 0 Å². The minimum absolute atomic E-state index is 0.160. The number of aliphatic hydroxyl groups is 1. The number of nitrogens with zero attached hydrogens (tertiary/aromatic N) is 7. The minimum atomic E-state index is -0.411. The second-order valence-corrected chi connectivity index (χ2v) is 7.69. The number of carbonyl (C=O) groups excluding carboxylic acids is 1. The van der Waals surface area contributed by atoms with Crippen LogP contribution in [0.1, 0.15) is 22.8 Å². The summed E-state index contributed by atoms with van der Waals surface area (Å²) in [6.45, 7) is 4.18. The van der Waals surface area contributed by atoms with Crippen molar-refractivity contribution < 1.29 is 14.3 Å². The predicted octanol–water partition coefficient (Wildman–Crippen LogP) is 2.50. The lowest BCUT2D eigenvalue weighted by atomic mass is 10.1. The molecular formula is C23H24FN7O2. The Morgan fingerprint density at radius 3 is 2.64 bits per heavy atom. The first-order chi connectivity index (χ1) is 16.0. The van der Waals surface area contributed by atoms with Crippen molar-refractivity contribution in [3.05, 3.63) is 78.1 Å². The van der Waals surface area contributed by atoms with Gasteiger partial charge in [-0.2, -0.15) is 20.1 Å². The lowest BCUT2D eigenvalue weighted by Crippen LogP contribution is -2.43. The molecule has 170 valence electrons. The molecule has 1 N–H and O–H groups in total. The van der Waals surface area contributed by atoms with Crippen LogP contribution in [-0.2, 0) is 6.54 Å². The lowest BCUT2D eigenvalue weighted by molar-refractivity contribution is 0.0628. The summed E-state index contributed by atoms with van der Waals surface area (Å²) in [6, 6.07) is 9.90. The van der Waals surface area contributed by atoms with Gasteiger partial charge in [0.1, 0.15) is 11.5 Å². The molecule has 0 unspecified atom stereocenters. The number of benzene rings is 1. The van der Waals surface area contributed by atoms with Gasteiger partial charge in [-0.1, -0.05) is 11.6 Å². The van der Waals surface area contributed by atoms with Gasteiger partial charge in [0.05, 0.1) is 48.7 Å². The van der Waals surface area contributed by atoms with E-state index in [2.05, 4.69) is 20.3 Å². The van der Waals surface area contributed by atoms with Crippen molar-refractivity contribution in [2.24, 2.45) is 0 Å². The minimum Gasteiger partial charge on any atom is -0.395 e. The highest BCUT2D eigenvalue weighted by atomic mass is 19.1. The summed E-state index contributed by atoms with van der Waals surface area (Å²) in [4.78, 5) is 20.6. The zero-order valence-electron chi connectivity index (χ0n) is 18.3. The van der Waals surface area contributed by atoms with Gasteiger partial charge in [0.2, 0.25) is 0 Å². The van der Waals surface area contributed by atoms with Crippen LogP contribution in [0.5, 0.6) is 0 Å². The van der Waals surface area contributed by atoms with Crippen molar-refractivity contribution in [2.75, 3.05) is 13.2 Å². The molecule has 0 spiro atoms.